The van der Waals surface area contributed by atoms with Gasteiger partial charge in [-0.2, -0.15) is 0 Å². The lowest BCUT2D eigenvalue weighted by atomic mass is 10.0. The van der Waals surface area contributed by atoms with Crippen LogP contribution in [0.5, 0.6) is 0 Å². The van der Waals surface area contributed by atoms with Gasteiger partial charge in [0.2, 0.25) is 5.78 Å². The minimum absolute atomic E-state index is 0.108. The van der Waals surface area contributed by atoms with Crippen molar-refractivity contribution in [2.45, 2.75) is 13.8 Å². The molecule has 0 amide bonds. The van der Waals surface area contributed by atoms with E-state index in [4.69, 9.17) is 0 Å². The summed E-state index contributed by atoms with van der Waals surface area (Å²) in [6.07, 6.45) is 0. The normalized spacial score (nSPS) is 10.4. The quantitative estimate of drug-likeness (QED) is 0.752. The zero-order valence-electron chi connectivity index (χ0n) is 9.08. The summed E-state index contributed by atoms with van der Waals surface area (Å²) in [5.41, 5.74) is 2.94. The number of thiophene rings is 1. The van der Waals surface area contributed by atoms with Crippen LogP contribution in [0.1, 0.15) is 26.4 Å². The van der Waals surface area contributed by atoms with Crippen LogP contribution in [0.15, 0.2) is 34.1 Å². The Morgan fingerprint density at radius 1 is 1.19 bits per heavy atom. The minimum atomic E-state index is 0.108. The average Bonchev–Trinajstić information content (AvgIpc) is 2.67. The number of ketones is 1. The maximum atomic E-state index is 12.2. The van der Waals surface area contributed by atoms with Gasteiger partial charge in [-0.15, -0.1) is 11.3 Å². The molecule has 0 spiro atoms. The van der Waals surface area contributed by atoms with E-state index in [0.717, 1.165) is 25.4 Å². The number of hydrogen-bond acceptors (Lipinski definition) is 2. The van der Waals surface area contributed by atoms with E-state index in [1.54, 1.807) is 0 Å². The smallest absolute Gasteiger partial charge is 0.203 e. The third-order valence-electron chi connectivity index (χ3n) is 2.43. The Labute approximate surface area is 107 Å². The molecule has 16 heavy (non-hydrogen) atoms. The maximum absolute atomic E-state index is 12.2. The predicted molar refractivity (Wildman–Crippen MR) is 71.4 cm³/mol. The topological polar surface area (TPSA) is 17.1 Å². The number of aryl methyl sites for hydroxylation is 2. The van der Waals surface area contributed by atoms with Gasteiger partial charge < -0.3 is 0 Å². The van der Waals surface area contributed by atoms with E-state index < -0.39 is 0 Å². The van der Waals surface area contributed by atoms with Crippen LogP contribution in [-0.2, 0) is 0 Å². The molecule has 0 bridgehead atoms. The number of hydrogen-bond donors (Lipinski definition) is 0. The Hall–Kier alpha value is -0.930. The predicted octanol–water partition coefficient (Wildman–Crippen LogP) is 4.36. The summed E-state index contributed by atoms with van der Waals surface area (Å²) < 4.78 is 0.987. The second-order valence-corrected chi connectivity index (χ2v) is 6.21. The van der Waals surface area contributed by atoms with E-state index in [1.807, 2.05) is 44.2 Å². The SMILES string of the molecule is Cc1ccc(C)c(C(=O)c2ccc(Br)s2)c1. The summed E-state index contributed by atoms with van der Waals surface area (Å²) >= 11 is 4.84. The maximum Gasteiger partial charge on any atom is 0.203 e. The lowest BCUT2D eigenvalue weighted by molar-refractivity contribution is 0.104. The van der Waals surface area contributed by atoms with Crippen LogP contribution in [0.4, 0.5) is 0 Å². The molecule has 1 heterocycles. The second-order valence-electron chi connectivity index (χ2n) is 3.75. The molecule has 2 aromatic rings. The van der Waals surface area contributed by atoms with Crippen molar-refractivity contribution in [3.05, 3.63) is 55.7 Å². The molecule has 3 heteroatoms. The van der Waals surface area contributed by atoms with Crippen molar-refractivity contribution in [3.8, 4) is 0 Å². The first-order valence-corrected chi connectivity index (χ1v) is 6.56. The van der Waals surface area contributed by atoms with Gasteiger partial charge in [-0.1, -0.05) is 17.7 Å². The highest BCUT2D eigenvalue weighted by Gasteiger charge is 2.13. The summed E-state index contributed by atoms with van der Waals surface area (Å²) in [5, 5.41) is 0. The average molecular weight is 295 g/mol. The van der Waals surface area contributed by atoms with Crippen molar-refractivity contribution in [2.24, 2.45) is 0 Å². The monoisotopic (exact) mass is 294 g/mol. The Balaban J connectivity index is 2.45. The fraction of sp³-hybridized carbons (Fsp3) is 0.154. The van der Waals surface area contributed by atoms with E-state index in [0.29, 0.717) is 0 Å². The third-order valence-corrected chi connectivity index (χ3v) is 4.06. The Morgan fingerprint density at radius 2 is 1.94 bits per heavy atom. The fourth-order valence-electron chi connectivity index (χ4n) is 1.55. The van der Waals surface area contributed by atoms with Crippen LogP contribution in [-0.4, -0.2) is 5.78 Å². The van der Waals surface area contributed by atoms with Gasteiger partial charge in [-0.25, -0.2) is 0 Å². The summed E-state index contributed by atoms with van der Waals surface area (Å²) in [6, 6.07) is 9.73. The van der Waals surface area contributed by atoms with E-state index in [2.05, 4.69) is 15.9 Å². The van der Waals surface area contributed by atoms with Gasteiger partial charge in [0.15, 0.2) is 0 Å². The first-order chi connectivity index (χ1) is 7.58. The highest BCUT2D eigenvalue weighted by Crippen LogP contribution is 2.25. The minimum Gasteiger partial charge on any atom is -0.288 e. The molecule has 0 saturated carbocycles. The van der Waals surface area contributed by atoms with Gasteiger partial charge in [-0.3, -0.25) is 4.79 Å². The first kappa shape index (κ1) is 11.6. The number of rotatable bonds is 2. The Kier molecular flexibility index (Phi) is 3.26. The molecule has 1 nitrogen and oxygen atoms in total. The van der Waals surface area contributed by atoms with Gasteiger partial charge in [0.05, 0.1) is 8.66 Å². The van der Waals surface area contributed by atoms with Gasteiger partial charge >= 0.3 is 0 Å². The van der Waals surface area contributed by atoms with Crippen molar-refractivity contribution in [2.75, 3.05) is 0 Å². The molecule has 0 saturated heterocycles. The summed E-state index contributed by atoms with van der Waals surface area (Å²) in [5.74, 6) is 0.108. The molecule has 1 aromatic carbocycles. The number of benzene rings is 1. The third kappa shape index (κ3) is 2.25. The first-order valence-electron chi connectivity index (χ1n) is 4.95. The zero-order valence-corrected chi connectivity index (χ0v) is 11.5. The molecule has 0 aliphatic carbocycles. The molecular formula is C13H11BrOS. The van der Waals surface area contributed by atoms with Crippen molar-refractivity contribution in [1.82, 2.24) is 0 Å². The standard InChI is InChI=1S/C13H11BrOS/c1-8-3-4-9(2)10(7-8)13(15)11-5-6-12(14)16-11/h3-7H,1-2H3. The van der Waals surface area contributed by atoms with Gasteiger partial charge in [-0.05, 0) is 53.5 Å². The molecular weight excluding hydrogens is 284 g/mol. The van der Waals surface area contributed by atoms with E-state index in [-0.39, 0.29) is 5.78 Å². The molecule has 1 aromatic heterocycles. The molecule has 0 N–H and O–H groups in total. The number of carbonyl (C=O) groups is 1. The lowest BCUT2D eigenvalue weighted by Gasteiger charge is -2.04. The van der Waals surface area contributed by atoms with Crippen LogP contribution in [0.3, 0.4) is 0 Å². The molecule has 0 fully saturated rings. The molecule has 2 rings (SSSR count). The van der Waals surface area contributed by atoms with Crippen molar-refractivity contribution in [3.63, 3.8) is 0 Å². The molecule has 0 radical (unpaired) electrons. The van der Waals surface area contributed by atoms with Gasteiger partial charge in [0, 0.05) is 5.56 Å². The largest absolute Gasteiger partial charge is 0.288 e. The van der Waals surface area contributed by atoms with Crippen LogP contribution >= 0.6 is 27.3 Å². The van der Waals surface area contributed by atoms with Crippen LogP contribution in [0, 0.1) is 13.8 Å². The number of halogens is 1. The molecule has 0 atom stereocenters. The Morgan fingerprint density at radius 3 is 2.56 bits per heavy atom. The van der Waals surface area contributed by atoms with Gasteiger partial charge in [0.25, 0.3) is 0 Å². The zero-order chi connectivity index (χ0) is 11.7. The summed E-state index contributed by atoms with van der Waals surface area (Å²) in [6.45, 7) is 3.97. The van der Waals surface area contributed by atoms with E-state index >= 15 is 0 Å². The molecule has 0 aliphatic rings. The molecule has 0 unspecified atom stereocenters. The van der Waals surface area contributed by atoms with Crippen LogP contribution in [0.25, 0.3) is 0 Å². The highest BCUT2D eigenvalue weighted by atomic mass is 79.9. The van der Waals surface area contributed by atoms with E-state index in [9.17, 15) is 4.79 Å². The summed E-state index contributed by atoms with van der Waals surface area (Å²) in [4.78, 5) is 13.0. The fourth-order valence-corrected chi connectivity index (χ4v) is 2.89. The highest BCUT2D eigenvalue weighted by molar-refractivity contribution is 9.11. The molecule has 0 aliphatic heterocycles. The molecule has 82 valence electrons. The van der Waals surface area contributed by atoms with Gasteiger partial charge in [0.1, 0.15) is 0 Å². The summed E-state index contributed by atoms with van der Waals surface area (Å²) in [7, 11) is 0. The van der Waals surface area contributed by atoms with E-state index in [1.165, 1.54) is 11.3 Å². The van der Waals surface area contributed by atoms with Crippen LogP contribution in [0.2, 0.25) is 0 Å². The second kappa shape index (κ2) is 4.52. The van der Waals surface area contributed by atoms with Crippen LogP contribution < -0.4 is 0 Å². The van der Waals surface area contributed by atoms with Crippen molar-refractivity contribution >= 4 is 33.0 Å². The lowest BCUT2D eigenvalue weighted by Crippen LogP contribution is -2.01. The van der Waals surface area contributed by atoms with Crippen molar-refractivity contribution < 1.29 is 4.79 Å². The van der Waals surface area contributed by atoms with Crippen molar-refractivity contribution in [1.29, 1.82) is 0 Å². The number of carbonyl (C=O) groups excluding carboxylic acids is 1. The Bertz CT molecular complexity index is 543.